The molecular formula is C46H64O8. The second-order valence-electron chi connectivity index (χ2n) is 19.9. The Bertz CT molecular complexity index is 1980. The number of allylic oxidation sites excluding steroid dienone is 4. The number of carboxylic acids is 1. The molecule has 4 fully saturated rings. The first-order valence-corrected chi connectivity index (χ1v) is 20.1. The Morgan fingerprint density at radius 1 is 0.963 bits per heavy atom. The van der Waals surface area contributed by atoms with E-state index in [9.17, 15) is 29.7 Å². The third-order valence-electron chi connectivity index (χ3n) is 16.2. The number of aliphatic hydroxyl groups is 1. The normalized spacial score (nSPS) is 38.0. The molecule has 5 aliphatic rings. The Balaban J connectivity index is 0.000000212. The van der Waals surface area contributed by atoms with Crippen LogP contribution in [-0.4, -0.2) is 40.3 Å². The summed E-state index contributed by atoms with van der Waals surface area (Å²) >= 11 is 0. The van der Waals surface area contributed by atoms with Crippen molar-refractivity contribution >= 4 is 22.7 Å². The van der Waals surface area contributed by atoms with Crippen LogP contribution in [0, 0.1) is 57.2 Å². The summed E-state index contributed by atoms with van der Waals surface area (Å²) in [5.74, 6) is 0.964. The number of ketones is 1. The maximum atomic E-state index is 14.2. The number of methoxy groups -OCH3 is 1. The lowest BCUT2D eigenvalue weighted by molar-refractivity contribution is -0.202. The largest absolute Gasteiger partial charge is 0.507 e. The number of aryl methyl sites for hydroxylation is 1. The monoisotopic (exact) mass is 744 g/mol. The fraction of sp³-hybridized carbons (Fsp3) is 0.674. The molecule has 296 valence electrons. The Labute approximate surface area is 321 Å². The van der Waals surface area contributed by atoms with Crippen LogP contribution in [0.3, 0.4) is 0 Å². The van der Waals surface area contributed by atoms with Gasteiger partial charge in [0.25, 0.3) is 0 Å². The van der Waals surface area contributed by atoms with E-state index < -0.39 is 11.4 Å². The van der Waals surface area contributed by atoms with Crippen molar-refractivity contribution in [2.45, 2.75) is 140 Å². The first-order chi connectivity index (χ1) is 25.0. The zero-order valence-electron chi connectivity index (χ0n) is 34.6. The maximum absolute atomic E-state index is 14.2. The Morgan fingerprint density at radius 2 is 1.63 bits per heavy atom. The number of phenols is 1. The molecule has 0 bridgehead atoms. The molecule has 1 heterocycles. The van der Waals surface area contributed by atoms with Gasteiger partial charge in [0.15, 0.2) is 11.2 Å². The van der Waals surface area contributed by atoms with Gasteiger partial charge in [0.1, 0.15) is 28.2 Å². The molecule has 54 heavy (non-hydrogen) atoms. The molecule has 8 heteroatoms. The molecule has 5 aliphatic carbocycles. The number of carbonyl (C=O) groups is 2. The predicted molar refractivity (Wildman–Crippen MR) is 212 cm³/mol. The van der Waals surface area contributed by atoms with E-state index in [1.807, 2.05) is 32.9 Å². The fourth-order valence-corrected chi connectivity index (χ4v) is 12.5. The van der Waals surface area contributed by atoms with Crippen molar-refractivity contribution in [1.82, 2.24) is 0 Å². The highest BCUT2D eigenvalue weighted by Crippen LogP contribution is 2.75. The maximum Gasteiger partial charge on any atom is 0.309 e. The lowest BCUT2D eigenvalue weighted by Gasteiger charge is -2.70. The van der Waals surface area contributed by atoms with Crippen LogP contribution in [0.15, 0.2) is 44.6 Å². The molecule has 0 radical (unpaired) electrons. The van der Waals surface area contributed by atoms with Gasteiger partial charge in [-0.15, -0.1) is 0 Å². The van der Waals surface area contributed by atoms with Crippen molar-refractivity contribution < 1.29 is 34.1 Å². The first kappa shape index (κ1) is 40.3. The van der Waals surface area contributed by atoms with Crippen LogP contribution in [-0.2, 0) is 16.0 Å². The molecule has 8 nitrogen and oxygen atoms in total. The molecule has 0 amide bonds. The number of aliphatic carboxylic acids is 1. The molecule has 0 aliphatic heterocycles. The smallest absolute Gasteiger partial charge is 0.309 e. The van der Waals surface area contributed by atoms with Gasteiger partial charge in [-0.05, 0) is 137 Å². The molecule has 1 aromatic heterocycles. The Morgan fingerprint density at radius 3 is 2.26 bits per heavy atom. The quantitative estimate of drug-likeness (QED) is 0.264. The van der Waals surface area contributed by atoms with Crippen LogP contribution in [0.4, 0.5) is 0 Å². The fourth-order valence-electron chi connectivity index (χ4n) is 12.5. The summed E-state index contributed by atoms with van der Waals surface area (Å²) in [7, 11) is 1.53. The van der Waals surface area contributed by atoms with Gasteiger partial charge in [-0.2, -0.15) is 0 Å². The van der Waals surface area contributed by atoms with Gasteiger partial charge in [0.2, 0.25) is 0 Å². The van der Waals surface area contributed by atoms with Crippen molar-refractivity contribution in [2.24, 2.45) is 50.2 Å². The van der Waals surface area contributed by atoms with Gasteiger partial charge < -0.3 is 24.5 Å². The van der Waals surface area contributed by atoms with Crippen LogP contribution in [0.2, 0.25) is 0 Å². The summed E-state index contributed by atoms with van der Waals surface area (Å²) < 4.78 is 11.0. The van der Waals surface area contributed by atoms with Crippen molar-refractivity contribution in [3.05, 3.63) is 57.0 Å². The second kappa shape index (κ2) is 13.4. The van der Waals surface area contributed by atoms with Crippen molar-refractivity contribution in [3.63, 3.8) is 0 Å². The number of fused-ring (bicyclic) bond motifs is 8. The third kappa shape index (κ3) is 5.99. The zero-order valence-corrected chi connectivity index (χ0v) is 34.6. The molecule has 4 saturated carbocycles. The number of ether oxygens (including phenoxy) is 1. The van der Waals surface area contributed by atoms with E-state index in [4.69, 9.17) is 9.15 Å². The molecule has 3 N–H and O–H groups in total. The van der Waals surface area contributed by atoms with Crippen LogP contribution in [0.1, 0.15) is 131 Å². The zero-order chi connectivity index (χ0) is 40.0. The molecule has 7 rings (SSSR count). The van der Waals surface area contributed by atoms with Crippen LogP contribution >= 0.6 is 0 Å². The van der Waals surface area contributed by atoms with Gasteiger partial charge >= 0.3 is 5.97 Å². The average Bonchev–Trinajstić information content (AvgIpc) is 3.07. The minimum absolute atomic E-state index is 0.0296. The number of rotatable bonds is 4. The molecule has 0 spiro atoms. The predicted octanol–water partition coefficient (Wildman–Crippen LogP) is 9.74. The lowest BCUT2D eigenvalue weighted by atomic mass is 9.33. The second-order valence-corrected chi connectivity index (χ2v) is 19.9. The Kier molecular flexibility index (Phi) is 9.98. The number of aromatic hydroxyl groups is 1. The van der Waals surface area contributed by atoms with E-state index in [-0.39, 0.29) is 67.4 Å². The molecule has 0 saturated heterocycles. The molecule has 9 atom stereocenters. The number of benzene rings is 1. The average molecular weight is 745 g/mol. The van der Waals surface area contributed by atoms with Gasteiger partial charge in [-0.25, -0.2) is 0 Å². The molecule has 1 aromatic carbocycles. The summed E-state index contributed by atoms with van der Waals surface area (Å²) in [4.78, 5) is 38.5. The SMILES string of the molecule is CC1(C(=O)O)CCC2(C)CCC3(C)C(=CC(=O)C4C5(C)CCC(O)C(C)(C)C5CCC43C)C2C1.COc1cc(O)c2c(=O)cc(C)oc2c1CC=C(C)C. The summed E-state index contributed by atoms with van der Waals surface area (Å²) in [6.45, 7) is 21.5. The number of aliphatic hydroxyl groups excluding tert-OH is 1. The number of carboxylic acid groups (broad SMARTS) is 1. The first-order valence-electron chi connectivity index (χ1n) is 20.1. The highest BCUT2D eigenvalue weighted by molar-refractivity contribution is 5.96. The lowest BCUT2D eigenvalue weighted by Crippen LogP contribution is -2.66. The number of carbonyl (C=O) groups excluding carboxylic acids is 1. The number of phenolic OH excluding ortho intramolecular Hbond substituents is 1. The summed E-state index contributed by atoms with van der Waals surface area (Å²) in [5, 5.41) is 31.1. The highest BCUT2D eigenvalue weighted by Gasteiger charge is 2.70. The minimum Gasteiger partial charge on any atom is -0.507 e. The van der Waals surface area contributed by atoms with E-state index in [0.29, 0.717) is 35.9 Å². The van der Waals surface area contributed by atoms with Gasteiger partial charge in [0.05, 0.1) is 18.6 Å². The van der Waals surface area contributed by atoms with Crippen molar-refractivity contribution in [1.29, 1.82) is 0 Å². The summed E-state index contributed by atoms with van der Waals surface area (Å²) in [6, 6.07) is 2.84. The van der Waals surface area contributed by atoms with Crippen molar-refractivity contribution in [3.8, 4) is 11.5 Å². The standard InChI is InChI=1S/C30H46O4.C16H18O4/c1-25(2)21-8-11-30(7)23(28(21,5)10-9-22(25)32)20(31)16-18-19-17-27(4,24(33)34)13-12-26(19,3)14-15-29(18,30)6;1-9(2)5-6-11-14(19-4)8-13(18)15-12(17)7-10(3)20-16(11)15/h16,19,21-23,32H,8-15,17H2,1-7H3,(H,33,34);5,7-8,18H,6H2,1-4H3. The van der Waals surface area contributed by atoms with Crippen molar-refractivity contribution in [2.75, 3.05) is 7.11 Å². The molecule has 9 unspecified atom stereocenters. The number of hydrogen-bond donors (Lipinski definition) is 3. The van der Waals surface area contributed by atoms with Gasteiger partial charge in [-0.3, -0.25) is 14.4 Å². The van der Waals surface area contributed by atoms with Gasteiger partial charge in [0, 0.05) is 23.6 Å². The third-order valence-corrected chi connectivity index (χ3v) is 16.2. The highest BCUT2D eigenvalue weighted by atomic mass is 16.5. The van der Waals surface area contributed by atoms with Crippen LogP contribution in [0.25, 0.3) is 11.0 Å². The van der Waals surface area contributed by atoms with E-state index in [1.165, 1.54) is 24.8 Å². The van der Waals surface area contributed by atoms with Gasteiger partial charge in [-0.1, -0.05) is 58.8 Å². The number of hydrogen-bond acceptors (Lipinski definition) is 7. The minimum atomic E-state index is -0.711. The summed E-state index contributed by atoms with van der Waals surface area (Å²) in [6.07, 6.45) is 12.6. The van der Waals surface area contributed by atoms with E-state index in [0.717, 1.165) is 62.5 Å². The molecule has 2 aromatic rings. The van der Waals surface area contributed by atoms with E-state index in [2.05, 4.69) is 41.5 Å². The Hall–Kier alpha value is -3.39. The molecular weight excluding hydrogens is 680 g/mol. The topological polar surface area (TPSA) is 134 Å². The van der Waals surface area contributed by atoms with Crippen LogP contribution in [0.5, 0.6) is 11.5 Å². The van der Waals surface area contributed by atoms with Crippen LogP contribution < -0.4 is 10.2 Å². The van der Waals surface area contributed by atoms with E-state index >= 15 is 0 Å². The van der Waals surface area contributed by atoms with E-state index in [1.54, 1.807) is 6.92 Å². The summed E-state index contributed by atoms with van der Waals surface area (Å²) in [5.41, 5.74) is 2.21.